The van der Waals surface area contributed by atoms with Gasteiger partial charge < -0.3 is 39.2 Å². The molecule has 3 N–H and O–H groups in total. The highest BCUT2D eigenvalue weighted by atomic mass is 33.1. The molecule has 3 amide bonds. The Balaban J connectivity index is 0.765. The quantitative estimate of drug-likeness (QED) is 0.0240. The SMILES string of the molecule is CC[C@@]1(O)C(=O)OCc2c1cc1n(c2=O)Cc2c-1nc1cc(F)c(OC)cc1c2CN1CCC([N+](C)(C)Cc2ccc(NC(=O)[C@H](C)NC(=O)CCC(=O)N(CCSSc3ccccn3)CCSSc3ccccn3)cc2)CC1. The van der Waals surface area contributed by atoms with Gasteiger partial charge >= 0.3 is 5.97 Å². The number of carbonyl (C=O) groups excluding carboxylic acids is 4. The molecule has 416 valence electrons. The lowest BCUT2D eigenvalue weighted by Gasteiger charge is -2.43. The van der Waals surface area contributed by atoms with E-state index < -0.39 is 23.4 Å². The van der Waals surface area contributed by atoms with E-state index in [4.69, 9.17) is 14.5 Å². The number of nitrogens with one attached hydrogen (secondary N) is 2. The van der Waals surface area contributed by atoms with Crippen molar-refractivity contribution in [1.82, 2.24) is 34.6 Å². The van der Waals surface area contributed by atoms with Gasteiger partial charge in [-0.25, -0.2) is 24.1 Å². The first kappa shape index (κ1) is 57.7. The summed E-state index contributed by atoms with van der Waals surface area (Å²) >= 11 is 0. The predicted molar refractivity (Wildman–Crippen MR) is 309 cm³/mol. The number of methoxy groups -OCH3 is 1. The number of hydrogen-bond donors (Lipinski definition) is 3. The van der Waals surface area contributed by atoms with Gasteiger partial charge in [-0.1, -0.05) is 52.8 Å². The van der Waals surface area contributed by atoms with Crippen molar-refractivity contribution in [2.45, 2.75) is 99.9 Å². The lowest BCUT2D eigenvalue weighted by atomic mass is 9.86. The monoisotopic (exact) mass is 1150 g/mol. The number of nitrogens with zero attached hydrogens (tertiary/aromatic N) is 7. The molecule has 22 heteroatoms. The van der Waals surface area contributed by atoms with Gasteiger partial charge in [0.2, 0.25) is 17.7 Å². The number of pyridine rings is 4. The second-order valence-electron chi connectivity index (χ2n) is 20.5. The minimum atomic E-state index is -1.97. The molecule has 0 unspecified atom stereocenters. The third-order valence-corrected chi connectivity index (χ3v) is 19.5. The number of likely N-dealkylation sites (tertiary alicyclic amines) is 1. The average Bonchev–Trinajstić information content (AvgIpc) is 4.11. The van der Waals surface area contributed by atoms with E-state index in [1.54, 1.807) is 91.0 Å². The Kier molecular flexibility index (Phi) is 18.7. The molecule has 7 heterocycles. The third-order valence-electron chi connectivity index (χ3n) is 15.0. The Hall–Kier alpha value is -6.01. The van der Waals surface area contributed by atoms with Crippen LogP contribution in [0, 0.1) is 5.82 Å². The van der Waals surface area contributed by atoms with Crippen LogP contribution in [0.3, 0.4) is 0 Å². The van der Waals surface area contributed by atoms with E-state index in [1.807, 2.05) is 60.7 Å². The maximum Gasteiger partial charge on any atom is 0.343 e. The Labute approximate surface area is 474 Å². The van der Waals surface area contributed by atoms with Crippen LogP contribution in [0.4, 0.5) is 10.1 Å². The van der Waals surface area contributed by atoms with E-state index in [0.29, 0.717) is 59.8 Å². The molecule has 0 aliphatic carbocycles. The number of halogens is 1. The number of rotatable bonds is 23. The molecule has 1 saturated heterocycles. The van der Waals surface area contributed by atoms with Crippen LogP contribution >= 0.6 is 43.2 Å². The fraction of sp³-hybridized carbons (Fsp3) is 0.404. The third kappa shape index (κ3) is 13.4. The van der Waals surface area contributed by atoms with Crippen LogP contribution in [0.1, 0.15) is 73.8 Å². The molecule has 6 aromatic rings. The summed E-state index contributed by atoms with van der Waals surface area (Å²) < 4.78 is 28.3. The van der Waals surface area contributed by atoms with E-state index in [-0.39, 0.29) is 72.6 Å². The van der Waals surface area contributed by atoms with Gasteiger partial charge in [0, 0.05) is 116 Å². The van der Waals surface area contributed by atoms with Crippen LogP contribution < -0.4 is 20.9 Å². The first-order valence-corrected chi connectivity index (χ1v) is 31.0. The van der Waals surface area contributed by atoms with Crippen LogP contribution in [-0.2, 0) is 55.8 Å². The predicted octanol–water partition coefficient (Wildman–Crippen LogP) is 8.19. The molecule has 0 saturated carbocycles. The van der Waals surface area contributed by atoms with Crippen molar-refractivity contribution < 1.29 is 42.6 Å². The lowest BCUT2D eigenvalue weighted by Crippen LogP contribution is -2.53. The smallest absolute Gasteiger partial charge is 0.343 e. The number of piperidine rings is 1. The van der Waals surface area contributed by atoms with Crippen LogP contribution in [0.5, 0.6) is 5.75 Å². The highest BCUT2D eigenvalue weighted by Gasteiger charge is 2.46. The van der Waals surface area contributed by atoms with Crippen molar-refractivity contribution in [2.24, 2.45) is 0 Å². The molecule has 0 bridgehead atoms. The van der Waals surface area contributed by atoms with Crippen molar-refractivity contribution in [3.05, 3.63) is 135 Å². The summed E-state index contributed by atoms with van der Waals surface area (Å²) in [5.74, 6) is -0.759. The van der Waals surface area contributed by atoms with Gasteiger partial charge in [0.15, 0.2) is 17.2 Å². The zero-order valence-electron chi connectivity index (χ0n) is 44.9. The number of quaternary nitrogens is 1. The Morgan fingerprint density at radius 2 is 1.61 bits per heavy atom. The van der Waals surface area contributed by atoms with Crippen LogP contribution in [-0.4, -0.2) is 134 Å². The maximum absolute atomic E-state index is 15.3. The second-order valence-corrected chi connectivity index (χ2v) is 25.3. The lowest BCUT2D eigenvalue weighted by molar-refractivity contribution is -0.929. The number of carbonyl (C=O) groups is 4. The average molecular weight is 1150 g/mol. The van der Waals surface area contributed by atoms with Gasteiger partial charge in [-0.15, -0.1) is 0 Å². The van der Waals surface area contributed by atoms with E-state index in [9.17, 15) is 29.1 Å². The summed E-state index contributed by atoms with van der Waals surface area (Å²) in [6.07, 6.45) is 5.32. The number of hydrogen-bond acceptors (Lipinski definition) is 16. The number of cyclic esters (lactones) is 1. The van der Waals surface area contributed by atoms with Gasteiger partial charge in [0.1, 0.15) is 29.2 Å². The van der Waals surface area contributed by atoms with E-state index in [0.717, 1.165) is 69.1 Å². The maximum atomic E-state index is 15.3. The summed E-state index contributed by atoms with van der Waals surface area (Å²) in [5, 5.41) is 19.6. The first-order valence-electron chi connectivity index (χ1n) is 26.3. The number of aliphatic hydroxyl groups is 1. The second kappa shape index (κ2) is 25.6. The minimum Gasteiger partial charge on any atom is -0.494 e. The molecule has 4 aromatic heterocycles. The molecule has 3 aliphatic heterocycles. The highest BCUT2D eigenvalue weighted by molar-refractivity contribution is 8.77. The summed E-state index contributed by atoms with van der Waals surface area (Å²) in [5.41, 5.74) is 2.97. The molecule has 17 nitrogen and oxygen atoms in total. The Morgan fingerprint density at radius 1 is 0.937 bits per heavy atom. The molecule has 79 heavy (non-hydrogen) atoms. The van der Waals surface area contributed by atoms with E-state index in [2.05, 4.69) is 39.6 Å². The van der Waals surface area contributed by atoms with Crippen molar-refractivity contribution in [3.8, 4) is 17.1 Å². The molecule has 2 aromatic carbocycles. The molecule has 3 aliphatic rings. The van der Waals surface area contributed by atoms with Crippen LogP contribution in [0.15, 0.2) is 106 Å². The molecule has 1 fully saturated rings. The topological polar surface area (TPSA) is 198 Å². The molecule has 2 atom stereocenters. The minimum absolute atomic E-state index is 0.0207. The molecular weight excluding hydrogens is 1090 g/mol. The number of benzene rings is 2. The number of anilines is 1. The van der Waals surface area contributed by atoms with Crippen molar-refractivity contribution in [1.29, 1.82) is 0 Å². The standard InChI is InChI=1S/C57H64FN9O8S4/c1-6-57(73)44-30-47-53-42(33-66(47)55(71)43(44)35-75-56(57)72)41(40-29-48(74-5)45(58)31-46(40)63-53)32-64-23-19-39(20-24-64)67(3,4)34-37-13-15-38(16-14-37)62-54(70)36(2)61-49(68)17-18-52(69)65(25-27-76-78-50-11-7-9-21-59-50)26-28-77-79-51-12-8-10-22-60-51/h7-16,21-22,29-31,36,39,73H,6,17-20,23-28,32-35H2,1-5H3,(H-,61,62,68,70)/p+1/t36-,57-/m0/s1. The van der Waals surface area contributed by atoms with E-state index in [1.165, 1.54) is 13.2 Å². The van der Waals surface area contributed by atoms with Gasteiger partial charge in [-0.3, -0.25) is 24.1 Å². The van der Waals surface area contributed by atoms with Crippen molar-refractivity contribution >= 4 is 83.5 Å². The van der Waals surface area contributed by atoms with Crippen LogP contribution in [0.2, 0.25) is 0 Å². The normalized spacial score (nSPS) is 16.6. The molecule has 0 radical (unpaired) electrons. The number of esters is 1. The van der Waals surface area contributed by atoms with Gasteiger partial charge in [-0.05, 0) is 89.0 Å². The van der Waals surface area contributed by atoms with Gasteiger partial charge in [0.25, 0.3) is 5.56 Å². The first-order chi connectivity index (χ1) is 38.0. The molecule has 0 spiro atoms. The number of fused-ring (bicyclic) bond motifs is 5. The highest BCUT2D eigenvalue weighted by Crippen LogP contribution is 2.42. The van der Waals surface area contributed by atoms with Gasteiger partial charge in [-0.2, -0.15) is 0 Å². The summed E-state index contributed by atoms with van der Waals surface area (Å²) in [6, 6.07) is 23.5. The van der Waals surface area contributed by atoms with Crippen LogP contribution in [0.25, 0.3) is 22.3 Å². The summed E-state index contributed by atoms with van der Waals surface area (Å²) in [6.45, 7) is 7.17. The van der Waals surface area contributed by atoms with Crippen molar-refractivity contribution in [2.75, 3.05) is 64.2 Å². The Bertz CT molecular complexity index is 3210. The zero-order valence-corrected chi connectivity index (χ0v) is 48.1. The van der Waals surface area contributed by atoms with E-state index >= 15 is 4.39 Å². The molecule has 9 rings (SSSR count). The zero-order chi connectivity index (χ0) is 55.8. The molecular formula is C57H65FN9O8S4+. The number of amides is 3. The fourth-order valence-electron chi connectivity index (χ4n) is 10.5. The summed E-state index contributed by atoms with van der Waals surface area (Å²) in [4.78, 5) is 84.5. The number of ether oxygens (including phenoxy) is 2. The number of aromatic nitrogens is 4. The van der Waals surface area contributed by atoms with Crippen molar-refractivity contribution in [3.63, 3.8) is 0 Å². The van der Waals surface area contributed by atoms with Gasteiger partial charge in [0.05, 0.1) is 56.3 Å². The Morgan fingerprint density at radius 3 is 2.23 bits per heavy atom. The fourth-order valence-corrected chi connectivity index (χ4v) is 14.2. The summed E-state index contributed by atoms with van der Waals surface area (Å²) in [7, 11) is 12.2. The largest absolute Gasteiger partial charge is 0.494 e.